The Balaban J connectivity index is 2.23. The first-order valence-electron chi connectivity index (χ1n) is 6.22. The predicted molar refractivity (Wildman–Crippen MR) is 69.7 cm³/mol. The van der Waals surface area contributed by atoms with Crippen molar-refractivity contribution in [3.05, 3.63) is 29.3 Å². The average Bonchev–Trinajstić information content (AvgIpc) is 2.39. The van der Waals surface area contributed by atoms with E-state index in [9.17, 15) is 5.26 Å². The van der Waals surface area contributed by atoms with Gasteiger partial charge in [-0.1, -0.05) is 13.0 Å². The summed E-state index contributed by atoms with van der Waals surface area (Å²) in [7, 11) is 0. The summed E-state index contributed by atoms with van der Waals surface area (Å²) in [6.45, 7) is 4.89. The van der Waals surface area contributed by atoms with Gasteiger partial charge in [-0.2, -0.15) is 5.26 Å². The lowest BCUT2D eigenvalue weighted by Gasteiger charge is -2.32. The molecule has 0 unspecified atom stereocenters. The summed E-state index contributed by atoms with van der Waals surface area (Å²) in [4.78, 5) is 2.32. The molecule has 0 spiro atoms. The number of hydrogen-bond donors (Lipinski definition) is 1. The fourth-order valence-corrected chi connectivity index (χ4v) is 2.32. The summed E-state index contributed by atoms with van der Waals surface area (Å²) < 4.78 is 0. The minimum atomic E-state index is 0.492. The van der Waals surface area contributed by atoms with Crippen LogP contribution in [0.1, 0.15) is 30.9 Å². The predicted octanol–water partition coefficient (Wildman–Crippen LogP) is 2.25. The van der Waals surface area contributed by atoms with Crippen molar-refractivity contribution in [1.29, 1.82) is 5.26 Å². The van der Waals surface area contributed by atoms with Crippen molar-refractivity contribution in [2.45, 2.75) is 26.3 Å². The number of benzene rings is 1. The fourth-order valence-electron chi connectivity index (χ4n) is 2.32. The van der Waals surface area contributed by atoms with Gasteiger partial charge in [0.2, 0.25) is 0 Å². The second kappa shape index (κ2) is 5.20. The molecule has 0 aromatic heterocycles. The summed E-state index contributed by atoms with van der Waals surface area (Å²) >= 11 is 0. The highest BCUT2D eigenvalue weighted by Crippen LogP contribution is 2.26. The monoisotopic (exact) mass is 229 g/mol. The molecule has 3 nitrogen and oxygen atoms in total. The first-order chi connectivity index (χ1) is 8.24. The van der Waals surface area contributed by atoms with Gasteiger partial charge >= 0.3 is 0 Å². The molecule has 17 heavy (non-hydrogen) atoms. The number of nitrogens with two attached hydrogens (primary N) is 1. The molecular formula is C14H19N3. The van der Waals surface area contributed by atoms with Crippen molar-refractivity contribution in [1.82, 2.24) is 0 Å². The molecule has 0 amide bonds. The van der Waals surface area contributed by atoms with Crippen LogP contribution in [0, 0.1) is 17.2 Å². The second-order valence-corrected chi connectivity index (χ2v) is 4.84. The Morgan fingerprint density at radius 1 is 1.41 bits per heavy atom. The Labute approximate surface area is 103 Å². The molecule has 2 N–H and O–H groups in total. The number of nitriles is 1. The van der Waals surface area contributed by atoms with Gasteiger partial charge in [0.25, 0.3) is 0 Å². The molecule has 0 atom stereocenters. The van der Waals surface area contributed by atoms with Crippen LogP contribution in [0.3, 0.4) is 0 Å². The van der Waals surface area contributed by atoms with E-state index >= 15 is 0 Å². The van der Waals surface area contributed by atoms with Gasteiger partial charge in [0.1, 0.15) is 6.07 Å². The summed E-state index contributed by atoms with van der Waals surface area (Å²) in [6.07, 6.45) is 2.42. The zero-order valence-corrected chi connectivity index (χ0v) is 10.3. The Kier molecular flexibility index (Phi) is 3.65. The van der Waals surface area contributed by atoms with Crippen LogP contribution in [0.15, 0.2) is 18.2 Å². The van der Waals surface area contributed by atoms with Crippen LogP contribution >= 0.6 is 0 Å². The van der Waals surface area contributed by atoms with Crippen LogP contribution in [0.4, 0.5) is 5.69 Å². The Morgan fingerprint density at radius 2 is 2.12 bits per heavy atom. The number of hydrogen-bond acceptors (Lipinski definition) is 3. The third kappa shape index (κ3) is 2.59. The molecule has 0 aliphatic carbocycles. The third-order valence-corrected chi connectivity index (χ3v) is 3.54. The molecule has 1 aromatic rings. The molecule has 1 aliphatic rings. The van der Waals surface area contributed by atoms with E-state index in [2.05, 4.69) is 17.9 Å². The van der Waals surface area contributed by atoms with E-state index in [1.165, 1.54) is 12.8 Å². The number of rotatable bonds is 2. The van der Waals surface area contributed by atoms with Crippen molar-refractivity contribution < 1.29 is 0 Å². The lowest BCUT2D eigenvalue weighted by molar-refractivity contribution is 0.438. The highest BCUT2D eigenvalue weighted by atomic mass is 15.1. The fraction of sp³-hybridized carbons (Fsp3) is 0.500. The van der Waals surface area contributed by atoms with Crippen molar-refractivity contribution in [2.24, 2.45) is 11.7 Å². The van der Waals surface area contributed by atoms with Gasteiger partial charge in [-0.3, -0.25) is 0 Å². The molecular weight excluding hydrogens is 210 g/mol. The van der Waals surface area contributed by atoms with E-state index in [1.807, 2.05) is 18.2 Å². The SMILES string of the molecule is CC1CCN(c2ccc(CN)cc2C#N)CC1. The van der Waals surface area contributed by atoms with Crippen LogP contribution in [0.5, 0.6) is 0 Å². The normalized spacial score (nSPS) is 16.9. The highest BCUT2D eigenvalue weighted by Gasteiger charge is 2.18. The highest BCUT2D eigenvalue weighted by molar-refractivity contribution is 5.60. The van der Waals surface area contributed by atoms with Crippen molar-refractivity contribution in [3.63, 3.8) is 0 Å². The number of anilines is 1. The Bertz CT molecular complexity index is 426. The Hall–Kier alpha value is -1.53. The summed E-state index contributed by atoms with van der Waals surface area (Å²) in [5, 5.41) is 9.20. The van der Waals surface area contributed by atoms with Gasteiger partial charge in [-0.05, 0) is 36.5 Å². The maximum absolute atomic E-state index is 9.20. The van der Waals surface area contributed by atoms with Crippen molar-refractivity contribution in [3.8, 4) is 6.07 Å². The van der Waals surface area contributed by atoms with Gasteiger partial charge in [0.05, 0.1) is 11.3 Å². The summed E-state index contributed by atoms with van der Waals surface area (Å²) in [5.74, 6) is 0.806. The number of piperidine rings is 1. The largest absolute Gasteiger partial charge is 0.370 e. The molecule has 1 aromatic carbocycles. The van der Waals surface area contributed by atoms with Gasteiger partial charge in [0, 0.05) is 19.6 Å². The van der Waals surface area contributed by atoms with Crippen LogP contribution in [-0.4, -0.2) is 13.1 Å². The average molecular weight is 229 g/mol. The van der Waals surface area contributed by atoms with E-state index in [0.29, 0.717) is 6.54 Å². The molecule has 2 rings (SSSR count). The molecule has 0 bridgehead atoms. The smallest absolute Gasteiger partial charge is 0.101 e. The molecule has 0 radical (unpaired) electrons. The first-order valence-corrected chi connectivity index (χ1v) is 6.22. The minimum absolute atomic E-state index is 0.492. The maximum Gasteiger partial charge on any atom is 0.101 e. The van der Waals surface area contributed by atoms with Gasteiger partial charge < -0.3 is 10.6 Å². The van der Waals surface area contributed by atoms with Crippen molar-refractivity contribution in [2.75, 3.05) is 18.0 Å². The summed E-state index contributed by atoms with van der Waals surface area (Å²) in [6, 6.07) is 8.25. The molecule has 1 saturated heterocycles. The van der Waals surface area contributed by atoms with E-state index in [4.69, 9.17) is 5.73 Å². The summed E-state index contributed by atoms with van der Waals surface area (Å²) in [5.41, 5.74) is 8.44. The van der Waals surface area contributed by atoms with Crippen LogP contribution in [0.2, 0.25) is 0 Å². The topological polar surface area (TPSA) is 53.0 Å². The van der Waals surface area contributed by atoms with E-state index in [1.54, 1.807) is 0 Å². The molecule has 0 saturated carbocycles. The molecule has 3 heteroatoms. The molecule has 1 fully saturated rings. The molecule has 1 aliphatic heterocycles. The molecule has 90 valence electrons. The van der Waals surface area contributed by atoms with Crippen LogP contribution < -0.4 is 10.6 Å². The lowest BCUT2D eigenvalue weighted by Crippen LogP contribution is -2.33. The lowest BCUT2D eigenvalue weighted by atomic mass is 9.98. The zero-order chi connectivity index (χ0) is 12.3. The van der Waals surface area contributed by atoms with Gasteiger partial charge in [-0.15, -0.1) is 0 Å². The molecule has 1 heterocycles. The van der Waals surface area contributed by atoms with Gasteiger partial charge in [-0.25, -0.2) is 0 Å². The van der Waals surface area contributed by atoms with Crippen LogP contribution in [-0.2, 0) is 6.54 Å². The van der Waals surface area contributed by atoms with Crippen molar-refractivity contribution >= 4 is 5.69 Å². The van der Waals surface area contributed by atoms with E-state index < -0.39 is 0 Å². The first kappa shape index (κ1) is 11.9. The quantitative estimate of drug-likeness (QED) is 0.846. The van der Waals surface area contributed by atoms with Gasteiger partial charge in [0.15, 0.2) is 0 Å². The third-order valence-electron chi connectivity index (χ3n) is 3.54. The number of nitrogens with zero attached hydrogens (tertiary/aromatic N) is 2. The van der Waals surface area contributed by atoms with E-state index in [-0.39, 0.29) is 0 Å². The van der Waals surface area contributed by atoms with Crippen LogP contribution in [0.25, 0.3) is 0 Å². The standard InChI is InChI=1S/C14H19N3/c1-11-4-6-17(7-5-11)14-3-2-12(9-15)8-13(14)10-16/h2-3,8,11H,4-7,9,15H2,1H3. The van der Waals surface area contributed by atoms with E-state index in [0.717, 1.165) is 35.8 Å². The Morgan fingerprint density at radius 3 is 2.71 bits per heavy atom. The zero-order valence-electron chi connectivity index (χ0n) is 10.3. The maximum atomic E-state index is 9.20. The minimum Gasteiger partial charge on any atom is -0.370 e. The second-order valence-electron chi connectivity index (χ2n) is 4.84.